The number of esters is 1. The van der Waals surface area contributed by atoms with E-state index in [1.807, 2.05) is 26.8 Å². The van der Waals surface area contributed by atoms with Crippen molar-refractivity contribution in [1.82, 2.24) is 0 Å². The minimum absolute atomic E-state index is 0.0362. The van der Waals surface area contributed by atoms with Crippen molar-refractivity contribution in [2.75, 3.05) is 6.61 Å². The highest BCUT2D eigenvalue weighted by Crippen LogP contribution is 2.33. The number of nitrogens with zero attached hydrogens (tertiary/aromatic N) is 1. The summed E-state index contributed by atoms with van der Waals surface area (Å²) in [6.45, 7) is 12.2. The predicted octanol–water partition coefficient (Wildman–Crippen LogP) is 2.76. The molecule has 0 N–H and O–H groups in total. The molecule has 0 aromatic carbocycles. The fourth-order valence-electron chi connectivity index (χ4n) is 1.57. The fourth-order valence-corrected chi connectivity index (χ4v) is 1.57. The first-order valence-electron chi connectivity index (χ1n) is 5.68. The molecule has 0 aliphatic carbocycles. The lowest BCUT2D eigenvalue weighted by Crippen LogP contribution is -2.35. The molecule has 0 amide bonds. The largest absolute Gasteiger partial charge is 0.464 e. The Morgan fingerprint density at radius 2 is 2.06 bits per heavy atom. The van der Waals surface area contributed by atoms with E-state index in [2.05, 4.69) is 25.8 Å². The van der Waals surface area contributed by atoms with Gasteiger partial charge in [0, 0.05) is 11.1 Å². The smallest absolute Gasteiger partial charge is 0.338 e. The normalized spacial score (nSPS) is 25.1. The van der Waals surface area contributed by atoms with Crippen LogP contribution in [-0.4, -0.2) is 23.8 Å². The van der Waals surface area contributed by atoms with E-state index in [4.69, 9.17) is 4.74 Å². The lowest BCUT2D eigenvalue weighted by Gasteiger charge is -2.22. The Morgan fingerprint density at radius 3 is 2.44 bits per heavy atom. The molecular formula is C13H21NO2. The third-order valence-corrected chi connectivity index (χ3v) is 2.91. The standard InChI is InChI=1S/C13H21NO2/c1-7-16-11(15)13(6)9(2)8-10(14-13)12(3,4)5/h8H,7H2,1-6H3. The first-order chi connectivity index (χ1) is 7.21. The molecule has 0 radical (unpaired) electrons. The van der Waals surface area contributed by atoms with Gasteiger partial charge in [-0.15, -0.1) is 0 Å². The minimum atomic E-state index is -0.821. The van der Waals surface area contributed by atoms with Crippen LogP contribution in [0.4, 0.5) is 0 Å². The number of allylic oxidation sites excluding steroid dienone is 1. The van der Waals surface area contributed by atoms with Gasteiger partial charge in [0.05, 0.1) is 6.61 Å². The highest BCUT2D eigenvalue weighted by Gasteiger charge is 2.41. The second-order valence-electron chi connectivity index (χ2n) is 5.37. The number of aliphatic imine (C=N–C) groups is 1. The van der Waals surface area contributed by atoms with E-state index in [0.717, 1.165) is 11.3 Å². The van der Waals surface area contributed by atoms with Crippen molar-refractivity contribution in [2.24, 2.45) is 10.4 Å². The van der Waals surface area contributed by atoms with Crippen LogP contribution in [0.1, 0.15) is 41.5 Å². The quantitative estimate of drug-likeness (QED) is 0.675. The van der Waals surface area contributed by atoms with Gasteiger partial charge < -0.3 is 4.74 Å². The van der Waals surface area contributed by atoms with E-state index in [1.54, 1.807) is 0 Å². The molecule has 16 heavy (non-hydrogen) atoms. The number of carbonyl (C=O) groups is 1. The van der Waals surface area contributed by atoms with Gasteiger partial charge in [0.15, 0.2) is 5.54 Å². The Balaban J connectivity index is 3.06. The molecular weight excluding hydrogens is 202 g/mol. The molecule has 0 spiro atoms. The molecule has 3 heteroatoms. The van der Waals surface area contributed by atoms with Crippen molar-refractivity contribution in [3.8, 4) is 0 Å². The van der Waals surface area contributed by atoms with E-state index in [9.17, 15) is 4.79 Å². The van der Waals surface area contributed by atoms with Crippen LogP contribution in [0.3, 0.4) is 0 Å². The van der Waals surface area contributed by atoms with Gasteiger partial charge in [0.2, 0.25) is 0 Å². The minimum Gasteiger partial charge on any atom is -0.464 e. The first-order valence-corrected chi connectivity index (χ1v) is 5.68. The predicted molar refractivity (Wildman–Crippen MR) is 65.7 cm³/mol. The fraction of sp³-hybridized carbons (Fsp3) is 0.692. The topological polar surface area (TPSA) is 38.7 Å². The first kappa shape index (κ1) is 12.9. The van der Waals surface area contributed by atoms with Gasteiger partial charge >= 0.3 is 5.97 Å². The molecule has 0 saturated carbocycles. The maximum absolute atomic E-state index is 11.9. The molecule has 3 nitrogen and oxygen atoms in total. The highest BCUT2D eigenvalue weighted by molar-refractivity contribution is 6.06. The van der Waals surface area contributed by atoms with Crippen molar-refractivity contribution in [2.45, 2.75) is 47.1 Å². The van der Waals surface area contributed by atoms with Crippen molar-refractivity contribution >= 4 is 11.7 Å². The molecule has 90 valence electrons. The zero-order valence-electron chi connectivity index (χ0n) is 11.0. The maximum atomic E-state index is 11.9. The van der Waals surface area contributed by atoms with E-state index in [1.165, 1.54) is 0 Å². The Kier molecular flexibility index (Phi) is 3.27. The van der Waals surface area contributed by atoms with E-state index in [-0.39, 0.29) is 11.4 Å². The molecule has 0 fully saturated rings. The molecule has 1 aliphatic rings. The molecule has 1 aliphatic heterocycles. The second kappa shape index (κ2) is 4.04. The summed E-state index contributed by atoms with van der Waals surface area (Å²) in [5.74, 6) is -0.261. The van der Waals surface area contributed by atoms with Gasteiger partial charge in [-0.1, -0.05) is 20.8 Å². The number of hydrogen-bond donors (Lipinski definition) is 0. The van der Waals surface area contributed by atoms with Crippen LogP contribution in [0.5, 0.6) is 0 Å². The van der Waals surface area contributed by atoms with Crippen molar-refractivity contribution in [3.63, 3.8) is 0 Å². The van der Waals surface area contributed by atoms with Crippen LogP contribution >= 0.6 is 0 Å². The molecule has 0 bridgehead atoms. The van der Waals surface area contributed by atoms with Gasteiger partial charge in [0.25, 0.3) is 0 Å². The third-order valence-electron chi connectivity index (χ3n) is 2.91. The molecule has 0 saturated heterocycles. The highest BCUT2D eigenvalue weighted by atomic mass is 16.5. The summed E-state index contributed by atoms with van der Waals surface area (Å²) in [7, 11) is 0. The lowest BCUT2D eigenvalue weighted by atomic mass is 9.89. The Labute approximate surface area is 97.6 Å². The number of carbonyl (C=O) groups excluding carboxylic acids is 1. The van der Waals surface area contributed by atoms with Gasteiger partial charge in [-0.3, -0.25) is 4.99 Å². The van der Waals surface area contributed by atoms with Gasteiger partial charge in [-0.05, 0) is 32.4 Å². The SMILES string of the molecule is CCOC(=O)C1(C)N=C(C(C)(C)C)C=C1C. The van der Waals surface area contributed by atoms with Gasteiger partial charge in [0.1, 0.15) is 0 Å². The average Bonchev–Trinajstić information content (AvgIpc) is 2.44. The summed E-state index contributed by atoms with van der Waals surface area (Å²) in [4.78, 5) is 16.4. The van der Waals surface area contributed by atoms with Crippen LogP contribution in [0.25, 0.3) is 0 Å². The van der Waals surface area contributed by atoms with Gasteiger partial charge in [-0.2, -0.15) is 0 Å². The summed E-state index contributed by atoms with van der Waals surface area (Å²) in [5, 5.41) is 0. The second-order valence-corrected chi connectivity index (χ2v) is 5.37. The van der Waals surface area contributed by atoms with Crippen molar-refractivity contribution in [3.05, 3.63) is 11.6 Å². The van der Waals surface area contributed by atoms with Crippen LogP contribution in [-0.2, 0) is 9.53 Å². The maximum Gasteiger partial charge on any atom is 0.338 e. The zero-order chi connectivity index (χ0) is 12.6. The average molecular weight is 223 g/mol. The zero-order valence-corrected chi connectivity index (χ0v) is 11.0. The summed E-state index contributed by atoms with van der Waals surface area (Å²) in [6.07, 6.45) is 2.00. The molecule has 0 aromatic heterocycles. The van der Waals surface area contributed by atoms with Crippen LogP contribution in [0.2, 0.25) is 0 Å². The number of ether oxygens (including phenoxy) is 1. The summed E-state index contributed by atoms with van der Waals surface area (Å²) in [5.41, 5.74) is 1.06. The summed E-state index contributed by atoms with van der Waals surface area (Å²) < 4.78 is 5.07. The monoisotopic (exact) mass is 223 g/mol. The van der Waals surface area contributed by atoms with Crippen molar-refractivity contribution in [1.29, 1.82) is 0 Å². The number of rotatable bonds is 2. The van der Waals surface area contributed by atoms with E-state index < -0.39 is 5.54 Å². The van der Waals surface area contributed by atoms with E-state index >= 15 is 0 Å². The Bertz CT molecular complexity index is 361. The Morgan fingerprint density at radius 1 is 1.50 bits per heavy atom. The van der Waals surface area contributed by atoms with Crippen molar-refractivity contribution < 1.29 is 9.53 Å². The van der Waals surface area contributed by atoms with Crippen LogP contribution < -0.4 is 0 Å². The third kappa shape index (κ3) is 2.18. The molecule has 1 atom stereocenters. The van der Waals surface area contributed by atoms with Crippen LogP contribution in [0.15, 0.2) is 16.6 Å². The van der Waals surface area contributed by atoms with Crippen LogP contribution in [0, 0.1) is 5.41 Å². The molecule has 0 aromatic rings. The molecule has 1 unspecified atom stereocenters. The summed E-state index contributed by atoms with van der Waals surface area (Å²) in [6, 6.07) is 0. The lowest BCUT2D eigenvalue weighted by molar-refractivity contribution is -0.147. The Hall–Kier alpha value is -1.12. The summed E-state index contributed by atoms with van der Waals surface area (Å²) >= 11 is 0. The number of hydrogen-bond acceptors (Lipinski definition) is 3. The van der Waals surface area contributed by atoms with E-state index in [0.29, 0.717) is 6.61 Å². The molecule has 1 heterocycles. The molecule has 1 rings (SSSR count). The van der Waals surface area contributed by atoms with Gasteiger partial charge in [-0.25, -0.2) is 4.79 Å².